The molecule has 1 N–H and O–H groups in total. The quantitative estimate of drug-likeness (QED) is 0.817. The number of aliphatic carboxylic acids is 1. The number of carboxylic acid groups (broad SMARTS) is 1. The van der Waals surface area contributed by atoms with Crippen molar-refractivity contribution in [3.8, 4) is 0 Å². The van der Waals surface area contributed by atoms with Crippen LogP contribution in [0.25, 0.3) is 6.08 Å². The Hall–Kier alpha value is -1.68. The van der Waals surface area contributed by atoms with Gasteiger partial charge in [-0.15, -0.1) is 0 Å². The molecule has 0 fully saturated rings. The number of hydrogen-bond acceptors (Lipinski definition) is 2. The van der Waals surface area contributed by atoms with E-state index in [0.29, 0.717) is 12.0 Å². The molecule has 0 amide bonds. The van der Waals surface area contributed by atoms with Gasteiger partial charge in [0.25, 0.3) is 0 Å². The van der Waals surface area contributed by atoms with Crippen molar-refractivity contribution in [2.45, 2.75) is 13.3 Å². The Balaban J connectivity index is 2.98. The van der Waals surface area contributed by atoms with Crippen LogP contribution in [0.4, 0.5) is 4.39 Å². The minimum Gasteiger partial charge on any atom is -0.478 e. The number of nitrogens with zero attached hydrogens (tertiary/aromatic N) is 1. The summed E-state index contributed by atoms with van der Waals surface area (Å²) >= 11 is 0. The molecular formula is C14H18FNO2. The van der Waals surface area contributed by atoms with Crippen molar-refractivity contribution in [3.05, 3.63) is 40.7 Å². The van der Waals surface area contributed by atoms with Crippen LogP contribution in [0.3, 0.4) is 0 Å². The van der Waals surface area contributed by atoms with Crippen molar-refractivity contribution in [3.63, 3.8) is 0 Å². The highest BCUT2D eigenvalue weighted by atomic mass is 19.1. The standard InChI is InChI=1S/C14H18FNO2/c1-10-8-13(15)12(6-7-16(2)3)9-11(10)4-5-14(17)18/h4-5,8-9H,6-7H2,1-3H3,(H,17,18)/b5-4+. The molecule has 0 unspecified atom stereocenters. The van der Waals surface area contributed by atoms with Gasteiger partial charge in [0.2, 0.25) is 0 Å². The largest absolute Gasteiger partial charge is 0.478 e. The number of aryl methyl sites for hydroxylation is 1. The van der Waals surface area contributed by atoms with Crippen molar-refractivity contribution < 1.29 is 14.3 Å². The van der Waals surface area contributed by atoms with E-state index in [2.05, 4.69) is 0 Å². The molecule has 18 heavy (non-hydrogen) atoms. The molecule has 0 aliphatic carbocycles. The van der Waals surface area contributed by atoms with Gasteiger partial charge in [-0.1, -0.05) is 0 Å². The Morgan fingerprint density at radius 3 is 2.67 bits per heavy atom. The number of carbonyl (C=O) groups is 1. The summed E-state index contributed by atoms with van der Waals surface area (Å²) in [7, 11) is 3.86. The lowest BCUT2D eigenvalue weighted by Gasteiger charge is -2.11. The zero-order valence-electron chi connectivity index (χ0n) is 10.9. The molecular weight excluding hydrogens is 233 g/mol. The molecule has 98 valence electrons. The van der Waals surface area contributed by atoms with Crippen LogP contribution in [-0.4, -0.2) is 36.6 Å². The lowest BCUT2D eigenvalue weighted by molar-refractivity contribution is -0.131. The minimum atomic E-state index is -1.01. The Bertz CT molecular complexity index is 467. The third kappa shape index (κ3) is 4.30. The maximum Gasteiger partial charge on any atom is 0.328 e. The van der Waals surface area contributed by atoms with E-state index >= 15 is 0 Å². The zero-order chi connectivity index (χ0) is 13.7. The van der Waals surface area contributed by atoms with Crippen LogP contribution < -0.4 is 0 Å². The van der Waals surface area contributed by atoms with E-state index in [1.807, 2.05) is 19.0 Å². The van der Waals surface area contributed by atoms with Crippen LogP contribution in [0.15, 0.2) is 18.2 Å². The molecule has 0 bridgehead atoms. The second kappa shape index (κ2) is 6.31. The first-order valence-corrected chi connectivity index (χ1v) is 5.75. The SMILES string of the molecule is Cc1cc(F)c(CCN(C)C)cc1/C=C/C(=O)O. The summed E-state index contributed by atoms with van der Waals surface area (Å²) < 4.78 is 13.7. The fourth-order valence-electron chi connectivity index (χ4n) is 1.61. The van der Waals surface area contributed by atoms with Gasteiger partial charge in [-0.2, -0.15) is 0 Å². The van der Waals surface area contributed by atoms with Gasteiger partial charge >= 0.3 is 5.97 Å². The summed E-state index contributed by atoms with van der Waals surface area (Å²) in [6.45, 7) is 2.52. The van der Waals surface area contributed by atoms with E-state index in [0.717, 1.165) is 23.7 Å². The lowest BCUT2D eigenvalue weighted by Crippen LogP contribution is -2.15. The highest BCUT2D eigenvalue weighted by Crippen LogP contribution is 2.17. The number of likely N-dealkylation sites (N-methyl/N-ethyl adjacent to an activating group) is 1. The summed E-state index contributed by atoms with van der Waals surface area (Å²) in [4.78, 5) is 12.5. The monoisotopic (exact) mass is 251 g/mol. The van der Waals surface area contributed by atoms with Gasteiger partial charge in [0.1, 0.15) is 5.82 Å². The first-order valence-electron chi connectivity index (χ1n) is 5.75. The summed E-state index contributed by atoms with van der Waals surface area (Å²) in [6.07, 6.45) is 3.17. The summed E-state index contributed by atoms with van der Waals surface area (Å²) in [5, 5.41) is 8.60. The van der Waals surface area contributed by atoms with Gasteiger partial charge in [0.05, 0.1) is 0 Å². The topological polar surface area (TPSA) is 40.5 Å². The molecule has 0 radical (unpaired) electrons. The number of carboxylic acids is 1. The van der Waals surface area contributed by atoms with Gasteiger partial charge in [-0.3, -0.25) is 0 Å². The Kier molecular flexibility index (Phi) is 5.04. The molecule has 1 aromatic carbocycles. The van der Waals surface area contributed by atoms with E-state index in [4.69, 9.17) is 5.11 Å². The average molecular weight is 251 g/mol. The van der Waals surface area contributed by atoms with Gasteiger partial charge in [0, 0.05) is 12.6 Å². The van der Waals surface area contributed by atoms with Gasteiger partial charge < -0.3 is 10.0 Å². The smallest absolute Gasteiger partial charge is 0.328 e. The van der Waals surface area contributed by atoms with Crippen molar-refractivity contribution in [2.24, 2.45) is 0 Å². The number of rotatable bonds is 5. The molecule has 0 saturated carbocycles. The van der Waals surface area contributed by atoms with Gasteiger partial charge in [-0.25, -0.2) is 9.18 Å². The van der Waals surface area contributed by atoms with Gasteiger partial charge in [0.15, 0.2) is 0 Å². The molecule has 3 nitrogen and oxygen atoms in total. The van der Waals surface area contributed by atoms with Crippen molar-refractivity contribution in [1.29, 1.82) is 0 Å². The predicted molar refractivity (Wildman–Crippen MR) is 70.1 cm³/mol. The maximum atomic E-state index is 13.7. The third-order valence-electron chi connectivity index (χ3n) is 2.67. The highest BCUT2D eigenvalue weighted by Gasteiger charge is 2.06. The fourth-order valence-corrected chi connectivity index (χ4v) is 1.61. The third-order valence-corrected chi connectivity index (χ3v) is 2.67. The van der Waals surface area contributed by atoms with Crippen LogP contribution in [0.5, 0.6) is 0 Å². The van der Waals surface area contributed by atoms with Crippen molar-refractivity contribution in [1.82, 2.24) is 4.90 Å². The molecule has 0 saturated heterocycles. The second-order valence-corrected chi connectivity index (χ2v) is 4.53. The summed E-state index contributed by atoms with van der Waals surface area (Å²) in [5.74, 6) is -1.24. The first-order chi connectivity index (χ1) is 8.40. The molecule has 0 aliphatic rings. The minimum absolute atomic E-state index is 0.234. The van der Waals surface area contributed by atoms with E-state index in [1.165, 1.54) is 12.1 Å². The molecule has 0 aliphatic heterocycles. The van der Waals surface area contributed by atoms with E-state index in [-0.39, 0.29) is 5.82 Å². The normalized spacial score (nSPS) is 11.4. The van der Waals surface area contributed by atoms with Crippen molar-refractivity contribution in [2.75, 3.05) is 20.6 Å². The van der Waals surface area contributed by atoms with Crippen LogP contribution >= 0.6 is 0 Å². The lowest BCUT2D eigenvalue weighted by atomic mass is 10.0. The molecule has 4 heteroatoms. The summed E-state index contributed by atoms with van der Waals surface area (Å²) in [6, 6.07) is 3.17. The van der Waals surface area contributed by atoms with Crippen LogP contribution in [0.2, 0.25) is 0 Å². The van der Waals surface area contributed by atoms with E-state index in [1.54, 1.807) is 13.0 Å². The maximum absolute atomic E-state index is 13.7. The Morgan fingerprint density at radius 2 is 2.11 bits per heavy atom. The fraction of sp³-hybridized carbons (Fsp3) is 0.357. The zero-order valence-corrected chi connectivity index (χ0v) is 10.9. The molecule has 0 heterocycles. The second-order valence-electron chi connectivity index (χ2n) is 4.53. The summed E-state index contributed by atoms with van der Waals surface area (Å²) in [5.41, 5.74) is 2.09. The molecule has 1 rings (SSSR count). The average Bonchev–Trinajstić information content (AvgIpc) is 2.26. The Labute approximate surface area is 107 Å². The highest BCUT2D eigenvalue weighted by molar-refractivity contribution is 5.85. The number of benzene rings is 1. The predicted octanol–water partition coefficient (Wildman–Crippen LogP) is 2.34. The molecule has 0 spiro atoms. The molecule has 0 atom stereocenters. The van der Waals surface area contributed by atoms with E-state index < -0.39 is 5.97 Å². The molecule has 0 aromatic heterocycles. The van der Waals surface area contributed by atoms with E-state index in [9.17, 15) is 9.18 Å². The molecule has 1 aromatic rings. The van der Waals surface area contributed by atoms with Crippen molar-refractivity contribution >= 4 is 12.0 Å². The number of hydrogen-bond donors (Lipinski definition) is 1. The van der Waals surface area contributed by atoms with Crippen LogP contribution in [0.1, 0.15) is 16.7 Å². The number of halogens is 1. The first kappa shape index (κ1) is 14.4. The Morgan fingerprint density at radius 1 is 1.44 bits per heavy atom. The van der Waals surface area contributed by atoms with Crippen LogP contribution in [0, 0.1) is 12.7 Å². The van der Waals surface area contributed by atoms with Gasteiger partial charge in [-0.05, 0) is 62.3 Å². The van der Waals surface area contributed by atoms with Crippen LogP contribution in [-0.2, 0) is 11.2 Å².